The van der Waals surface area contributed by atoms with Gasteiger partial charge >= 0.3 is 0 Å². The summed E-state index contributed by atoms with van der Waals surface area (Å²) in [7, 11) is 0. The van der Waals surface area contributed by atoms with Crippen LogP contribution < -0.4 is 21.6 Å². The van der Waals surface area contributed by atoms with E-state index in [2.05, 4.69) is 16.0 Å². The first-order valence-electron chi connectivity index (χ1n) is 8.34. The second-order valence-electron chi connectivity index (χ2n) is 6.12. The molecule has 0 unspecified atom stereocenters. The monoisotopic (exact) mass is 365 g/mol. The molecule has 0 aliphatic carbocycles. The van der Waals surface area contributed by atoms with Crippen LogP contribution in [0.3, 0.4) is 0 Å². The van der Waals surface area contributed by atoms with Gasteiger partial charge in [0.05, 0.1) is 5.69 Å². The number of rotatable bonds is 4. The van der Waals surface area contributed by atoms with Gasteiger partial charge in [0.15, 0.2) is 0 Å². The topological polar surface area (TPSA) is 117 Å². The fourth-order valence-corrected chi connectivity index (χ4v) is 2.65. The summed E-state index contributed by atoms with van der Waals surface area (Å²) in [6, 6.07) is 15.1. The molecule has 1 aliphatic heterocycles. The molecule has 0 spiro atoms. The average Bonchev–Trinajstić information content (AvgIpc) is 3.13. The zero-order valence-electron chi connectivity index (χ0n) is 14.7. The van der Waals surface area contributed by atoms with Crippen LogP contribution in [0.1, 0.15) is 22.3 Å². The summed E-state index contributed by atoms with van der Waals surface area (Å²) in [6.07, 6.45) is 0.0520. The molecule has 3 amide bonds. The Balaban J connectivity index is 1.68. The van der Waals surface area contributed by atoms with Gasteiger partial charge in [-0.2, -0.15) is 5.10 Å². The van der Waals surface area contributed by atoms with Gasteiger partial charge in [0.1, 0.15) is 11.8 Å². The van der Waals surface area contributed by atoms with E-state index in [0.29, 0.717) is 11.3 Å². The summed E-state index contributed by atoms with van der Waals surface area (Å²) in [5.74, 6) is -1.64. The Labute approximate surface area is 156 Å². The molecule has 1 aliphatic rings. The van der Waals surface area contributed by atoms with Crippen LogP contribution in [0.25, 0.3) is 0 Å². The lowest BCUT2D eigenvalue weighted by atomic mass is 10.1. The van der Waals surface area contributed by atoms with Crippen molar-refractivity contribution in [2.24, 2.45) is 10.8 Å². The number of aryl methyl sites for hydroxylation is 1. The minimum atomic E-state index is -0.763. The highest BCUT2D eigenvalue weighted by Gasteiger charge is 2.35. The van der Waals surface area contributed by atoms with Gasteiger partial charge in [0.2, 0.25) is 5.91 Å². The third kappa shape index (κ3) is 4.12. The molecule has 8 heteroatoms. The largest absolute Gasteiger partial charge is 0.368 e. The lowest BCUT2D eigenvalue weighted by molar-refractivity contribution is -0.119. The van der Waals surface area contributed by atoms with Crippen molar-refractivity contribution in [1.82, 2.24) is 10.9 Å². The lowest BCUT2D eigenvalue weighted by Gasteiger charge is -2.20. The van der Waals surface area contributed by atoms with Gasteiger partial charge in [0, 0.05) is 12.0 Å². The number of benzene rings is 2. The second-order valence-corrected chi connectivity index (χ2v) is 6.12. The molecule has 0 saturated carbocycles. The number of hydrazone groups is 1. The average molecular weight is 365 g/mol. The molecule has 3 rings (SSSR count). The molecule has 0 fully saturated rings. The van der Waals surface area contributed by atoms with Gasteiger partial charge in [-0.3, -0.25) is 30.2 Å². The van der Waals surface area contributed by atoms with E-state index in [0.717, 1.165) is 5.56 Å². The zero-order valence-corrected chi connectivity index (χ0v) is 14.7. The highest BCUT2D eigenvalue weighted by Crippen LogP contribution is 2.24. The van der Waals surface area contributed by atoms with Gasteiger partial charge < -0.3 is 5.73 Å². The Morgan fingerprint density at radius 2 is 1.63 bits per heavy atom. The minimum absolute atomic E-state index is 0.0520. The Morgan fingerprint density at radius 1 is 1.00 bits per heavy atom. The van der Waals surface area contributed by atoms with Crippen LogP contribution in [0.4, 0.5) is 5.69 Å². The lowest BCUT2D eigenvalue weighted by Crippen LogP contribution is -2.45. The van der Waals surface area contributed by atoms with Crippen molar-refractivity contribution in [3.63, 3.8) is 0 Å². The van der Waals surface area contributed by atoms with Crippen molar-refractivity contribution in [3.8, 4) is 0 Å². The number of carbonyl (C=O) groups excluding carboxylic acids is 3. The first-order chi connectivity index (χ1) is 13.0. The number of hydrogen-bond acceptors (Lipinski definition) is 5. The van der Waals surface area contributed by atoms with E-state index in [9.17, 15) is 14.4 Å². The van der Waals surface area contributed by atoms with E-state index in [-0.39, 0.29) is 12.1 Å². The van der Waals surface area contributed by atoms with Crippen molar-refractivity contribution >= 4 is 29.1 Å². The number of hydrazine groups is 1. The smallest absolute Gasteiger partial charge is 0.285 e. The van der Waals surface area contributed by atoms with Crippen molar-refractivity contribution < 1.29 is 14.4 Å². The van der Waals surface area contributed by atoms with Gasteiger partial charge in [-0.1, -0.05) is 35.9 Å². The van der Waals surface area contributed by atoms with Crippen LogP contribution in [0.15, 0.2) is 59.7 Å². The first kappa shape index (κ1) is 18.1. The molecule has 0 aromatic heterocycles. The highest BCUT2D eigenvalue weighted by atomic mass is 16.2. The molecule has 0 bridgehead atoms. The quantitative estimate of drug-likeness (QED) is 0.697. The fourth-order valence-electron chi connectivity index (χ4n) is 2.65. The summed E-state index contributed by atoms with van der Waals surface area (Å²) >= 11 is 0. The minimum Gasteiger partial charge on any atom is -0.368 e. The van der Waals surface area contributed by atoms with Gasteiger partial charge in [-0.25, -0.2) is 0 Å². The van der Waals surface area contributed by atoms with Crippen molar-refractivity contribution in [2.45, 2.75) is 19.4 Å². The standard InChI is InChI=1S/C19H19N5O3/c1-12-7-9-13(10-8-12)18(26)21-22-19(27)15-11-16(17(20)25)24(23-15)14-5-3-2-4-6-14/h2-10,16H,11H2,1H3,(H2,20,25)(H,21,26)(H,22,27)/t16-/m1/s1. The molecule has 2 aromatic carbocycles. The number of amides is 3. The van der Waals surface area contributed by atoms with E-state index in [1.54, 1.807) is 48.5 Å². The number of nitrogens with one attached hydrogen (secondary N) is 2. The highest BCUT2D eigenvalue weighted by molar-refractivity contribution is 6.40. The number of anilines is 1. The summed E-state index contributed by atoms with van der Waals surface area (Å²) in [5.41, 5.74) is 12.3. The molecule has 1 atom stereocenters. The molecule has 4 N–H and O–H groups in total. The fraction of sp³-hybridized carbons (Fsp3) is 0.158. The van der Waals surface area contributed by atoms with E-state index in [1.165, 1.54) is 5.01 Å². The maximum atomic E-state index is 12.3. The predicted molar refractivity (Wildman–Crippen MR) is 101 cm³/mol. The summed E-state index contributed by atoms with van der Waals surface area (Å²) in [4.78, 5) is 36.2. The second kappa shape index (κ2) is 7.69. The third-order valence-electron chi connectivity index (χ3n) is 4.12. The van der Waals surface area contributed by atoms with E-state index < -0.39 is 23.8 Å². The molecule has 138 valence electrons. The third-order valence-corrected chi connectivity index (χ3v) is 4.12. The molecule has 27 heavy (non-hydrogen) atoms. The maximum Gasteiger partial charge on any atom is 0.285 e. The number of para-hydroxylation sites is 1. The maximum absolute atomic E-state index is 12.3. The Kier molecular flexibility index (Phi) is 5.16. The molecule has 8 nitrogen and oxygen atoms in total. The molecule has 2 aromatic rings. The van der Waals surface area contributed by atoms with Crippen LogP contribution in [0, 0.1) is 6.92 Å². The Bertz CT molecular complexity index is 893. The number of hydrogen-bond donors (Lipinski definition) is 3. The van der Waals surface area contributed by atoms with Crippen molar-refractivity contribution in [3.05, 3.63) is 65.7 Å². The molecule has 0 radical (unpaired) electrons. The zero-order chi connectivity index (χ0) is 19.4. The number of nitrogens with two attached hydrogens (primary N) is 1. The summed E-state index contributed by atoms with van der Waals surface area (Å²) < 4.78 is 0. The van der Waals surface area contributed by atoms with E-state index >= 15 is 0 Å². The van der Waals surface area contributed by atoms with E-state index in [1.807, 2.05) is 13.0 Å². The molecular formula is C19H19N5O3. The summed E-state index contributed by atoms with van der Waals surface area (Å²) in [5, 5.41) is 5.62. The van der Waals surface area contributed by atoms with Crippen LogP contribution >= 0.6 is 0 Å². The van der Waals surface area contributed by atoms with Crippen molar-refractivity contribution in [1.29, 1.82) is 0 Å². The van der Waals surface area contributed by atoms with Crippen LogP contribution in [0.2, 0.25) is 0 Å². The van der Waals surface area contributed by atoms with Crippen LogP contribution in [0.5, 0.6) is 0 Å². The van der Waals surface area contributed by atoms with Crippen molar-refractivity contribution in [2.75, 3.05) is 5.01 Å². The van der Waals surface area contributed by atoms with E-state index in [4.69, 9.17) is 5.73 Å². The summed E-state index contributed by atoms with van der Waals surface area (Å²) in [6.45, 7) is 1.91. The Hall–Kier alpha value is -3.68. The predicted octanol–water partition coefficient (Wildman–Crippen LogP) is 0.876. The van der Waals surface area contributed by atoms with Crippen LogP contribution in [-0.2, 0) is 9.59 Å². The van der Waals surface area contributed by atoms with Gasteiger partial charge in [-0.05, 0) is 31.2 Å². The number of primary amides is 1. The molecule has 1 heterocycles. The molecule has 0 saturated heterocycles. The van der Waals surface area contributed by atoms with Gasteiger partial charge in [0.25, 0.3) is 11.8 Å². The molecular weight excluding hydrogens is 346 g/mol. The first-order valence-corrected chi connectivity index (χ1v) is 8.34. The number of carbonyl (C=O) groups is 3. The normalized spacial score (nSPS) is 15.8. The van der Waals surface area contributed by atoms with Crippen LogP contribution in [-0.4, -0.2) is 29.5 Å². The number of nitrogens with zero attached hydrogens (tertiary/aromatic N) is 2. The SMILES string of the molecule is Cc1ccc(C(=O)NNC(=O)C2=NN(c3ccccc3)[C@@H](C(N)=O)C2)cc1. The Morgan fingerprint density at radius 3 is 2.26 bits per heavy atom. The van der Waals surface area contributed by atoms with Gasteiger partial charge in [-0.15, -0.1) is 0 Å².